The molecule has 0 bridgehead atoms. The first-order valence-corrected chi connectivity index (χ1v) is 7.21. The lowest BCUT2D eigenvalue weighted by Crippen LogP contribution is -2.37. The van der Waals surface area contributed by atoms with Crippen molar-refractivity contribution in [2.45, 2.75) is 32.2 Å². The van der Waals surface area contributed by atoms with Crippen LogP contribution in [0, 0.1) is 6.92 Å². The topological polar surface area (TPSA) is 32.3 Å². The van der Waals surface area contributed by atoms with E-state index in [2.05, 4.69) is 5.32 Å². The van der Waals surface area contributed by atoms with Crippen molar-refractivity contribution in [3.8, 4) is 0 Å². The number of nitrogens with zero attached hydrogens (tertiary/aromatic N) is 1. The van der Waals surface area contributed by atoms with Crippen LogP contribution < -0.4 is 5.32 Å². The fraction of sp³-hybridized carbons (Fsp3) is 0.533. The minimum atomic E-state index is 0. The second-order valence-electron chi connectivity index (χ2n) is 5.21. The van der Waals surface area contributed by atoms with Crippen molar-refractivity contribution in [1.82, 2.24) is 10.2 Å². The largest absolute Gasteiger partial charge is 0.339 e. The van der Waals surface area contributed by atoms with Gasteiger partial charge in [-0.15, -0.1) is 12.4 Å². The summed E-state index contributed by atoms with van der Waals surface area (Å²) in [6, 6.07) is 5.81. The van der Waals surface area contributed by atoms with Crippen LogP contribution in [0.2, 0.25) is 5.02 Å². The van der Waals surface area contributed by atoms with Crippen molar-refractivity contribution in [3.63, 3.8) is 0 Å². The van der Waals surface area contributed by atoms with Crippen molar-refractivity contribution in [2.75, 3.05) is 20.1 Å². The maximum Gasteiger partial charge on any atom is 0.253 e. The van der Waals surface area contributed by atoms with Crippen LogP contribution in [0.25, 0.3) is 0 Å². The van der Waals surface area contributed by atoms with Crippen molar-refractivity contribution >= 4 is 29.9 Å². The van der Waals surface area contributed by atoms with Crippen LogP contribution in [0.1, 0.15) is 35.2 Å². The zero-order valence-electron chi connectivity index (χ0n) is 12.0. The fourth-order valence-corrected chi connectivity index (χ4v) is 2.65. The lowest BCUT2D eigenvalue weighted by molar-refractivity contribution is 0.0720. The van der Waals surface area contributed by atoms with Gasteiger partial charge in [0.15, 0.2) is 0 Å². The number of hydrogen-bond donors (Lipinski definition) is 1. The van der Waals surface area contributed by atoms with E-state index >= 15 is 0 Å². The molecular weight excluding hydrogens is 295 g/mol. The van der Waals surface area contributed by atoms with Crippen molar-refractivity contribution in [2.24, 2.45) is 0 Å². The molecule has 1 atom stereocenters. The van der Waals surface area contributed by atoms with E-state index in [1.165, 1.54) is 0 Å². The average molecular weight is 317 g/mol. The SMILES string of the molecule is Cc1cc(C(=O)N(C)C2CCCNCC2)ccc1Cl.Cl. The second-order valence-corrected chi connectivity index (χ2v) is 5.62. The summed E-state index contributed by atoms with van der Waals surface area (Å²) in [4.78, 5) is 14.4. The third-order valence-corrected chi connectivity index (χ3v) is 4.24. The molecule has 1 amide bonds. The van der Waals surface area contributed by atoms with Crippen molar-refractivity contribution in [1.29, 1.82) is 0 Å². The summed E-state index contributed by atoms with van der Waals surface area (Å²) in [7, 11) is 1.91. The lowest BCUT2D eigenvalue weighted by Gasteiger charge is -2.27. The number of hydrogen-bond acceptors (Lipinski definition) is 2. The smallest absolute Gasteiger partial charge is 0.253 e. The summed E-state index contributed by atoms with van der Waals surface area (Å²) in [5.74, 6) is 0.0895. The molecule has 1 N–H and O–H groups in total. The Hall–Kier alpha value is -0.770. The first-order chi connectivity index (χ1) is 9.09. The molecule has 1 heterocycles. The monoisotopic (exact) mass is 316 g/mol. The molecule has 112 valence electrons. The number of nitrogens with one attached hydrogen (secondary N) is 1. The Labute approximate surface area is 132 Å². The quantitative estimate of drug-likeness (QED) is 0.908. The van der Waals surface area contributed by atoms with E-state index in [0.29, 0.717) is 11.1 Å². The van der Waals surface area contributed by atoms with Crippen LogP contribution in [0.3, 0.4) is 0 Å². The normalized spacial score (nSPS) is 18.9. The van der Waals surface area contributed by atoms with E-state index in [1.807, 2.05) is 31.0 Å². The van der Waals surface area contributed by atoms with Crippen molar-refractivity contribution in [3.05, 3.63) is 34.3 Å². The van der Waals surface area contributed by atoms with Gasteiger partial charge in [-0.05, 0) is 63.0 Å². The lowest BCUT2D eigenvalue weighted by atomic mass is 10.1. The molecule has 1 saturated heterocycles. The highest BCUT2D eigenvalue weighted by molar-refractivity contribution is 6.31. The van der Waals surface area contributed by atoms with Gasteiger partial charge in [0.05, 0.1) is 0 Å². The molecule has 2 rings (SSSR count). The van der Waals surface area contributed by atoms with Gasteiger partial charge < -0.3 is 10.2 Å². The number of halogens is 2. The van der Waals surface area contributed by atoms with Gasteiger partial charge in [0.1, 0.15) is 0 Å². The Kier molecular flexibility index (Phi) is 6.80. The Morgan fingerprint density at radius 1 is 1.35 bits per heavy atom. The number of benzene rings is 1. The number of aryl methyl sites for hydroxylation is 1. The van der Waals surface area contributed by atoms with Crippen LogP contribution in [-0.2, 0) is 0 Å². The highest BCUT2D eigenvalue weighted by atomic mass is 35.5. The van der Waals surface area contributed by atoms with E-state index in [0.717, 1.165) is 43.5 Å². The predicted molar refractivity (Wildman–Crippen MR) is 86.0 cm³/mol. The molecule has 1 aromatic carbocycles. The zero-order valence-corrected chi connectivity index (χ0v) is 13.6. The number of carbonyl (C=O) groups is 1. The van der Waals surface area contributed by atoms with Crippen LogP contribution in [0.4, 0.5) is 0 Å². The molecule has 1 aromatic rings. The van der Waals surface area contributed by atoms with Gasteiger partial charge in [0, 0.05) is 23.7 Å². The third-order valence-electron chi connectivity index (χ3n) is 3.82. The summed E-state index contributed by atoms with van der Waals surface area (Å²) in [6.07, 6.45) is 3.22. The second kappa shape index (κ2) is 7.87. The molecule has 0 radical (unpaired) electrons. The molecule has 1 aliphatic heterocycles. The zero-order chi connectivity index (χ0) is 13.8. The molecule has 5 heteroatoms. The number of carbonyl (C=O) groups excluding carboxylic acids is 1. The van der Waals surface area contributed by atoms with Crippen LogP contribution in [-0.4, -0.2) is 37.0 Å². The van der Waals surface area contributed by atoms with Gasteiger partial charge in [0.25, 0.3) is 5.91 Å². The molecule has 1 fully saturated rings. The maximum atomic E-state index is 12.5. The molecule has 20 heavy (non-hydrogen) atoms. The van der Waals surface area contributed by atoms with Gasteiger partial charge in [-0.1, -0.05) is 11.6 Å². The highest BCUT2D eigenvalue weighted by Crippen LogP contribution is 2.19. The minimum Gasteiger partial charge on any atom is -0.339 e. The molecule has 0 saturated carbocycles. The third kappa shape index (κ3) is 4.11. The summed E-state index contributed by atoms with van der Waals surface area (Å²) >= 11 is 6.00. The Balaban J connectivity index is 0.00000200. The first kappa shape index (κ1) is 17.3. The first-order valence-electron chi connectivity index (χ1n) is 6.83. The molecular formula is C15H22Cl2N2O. The molecule has 0 spiro atoms. The summed E-state index contributed by atoms with van der Waals surface area (Å²) in [5.41, 5.74) is 1.67. The van der Waals surface area contributed by atoms with E-state index in [9.17, 15) is 4.79 Å². The van der Waals surface area contributed by atoms with E-state index in [4.69, 9.17) is 11.6 Å². The Morgan fingerprint density at radius 3 is 2.80 bits per heavy atom. The van der Waals surface area contributed by atoms with Gasteiger partial charge in [-0.3, -0.25) is 4.79 Å². The van der Waals surface area contributed by atoms with Gasteiger partial charge in [0.2, 0.25) is 0 Å². The Bertz CT molecular complexity index is 457. The van der Waals surface area contributed by atoms with Crippen LogP contribution in [0.15, 0.2) is 18.2 Å². The summed E-state index contributed by atoms with van der Waals surface area (Å²) in [5, 5.41) is 4.08. The molecule has 1 aliphatic rings. The fourth-order valence-electron chi connectivity index (χ4n) is 2.54. The Morgan fingerprint density at radius 2 is 2.10 bits per heavy atom. The van der Waals surface area contributed by atoms with Crippen LogP contribution >= 0.6 is 24.0 Å². The molecule has 3 nitrogen and oxygen atoms in total. The predicted octanol–water partition coefficient (Wildman–Crippen LogP) is 3.28. The molecule has 0 aliphatic carbocycles. The highest BCUT2D eigenvalue weighted by Gasteiger charge is 2.22. The standard InChI is InChI=1S/C15H21ClN2O.ClH/c1-11-10-12(5-6-14(11)16)15(19)18(2)13-4-3-8-17-9-7-13;/h5-6,10,13,17H,3-4,7-9H2,1-2H3;1H. The number of rotatable bonds is 2. The molecule has 1 unspecified atom stereocenters. The molecule has 0 aromatic heterocycles. The van der Waals surface area contributed by atoms with E-state index < -0.39 is 0 Å². The maximum absolute atomic E-state index is 12.5. The number of amides is 1. The van der Waals surface area contributed by atoms with E-state index in [1.54, 1.807) is 6.07 Å². The summed E-state index contributed by atoms with van der Waals surface area (Å²) in [6.45, 7) is 3.97. The average Bonchev–Trinajstić information content (AvgIpc) is 2.69. The van der Waals surface area contributed by atoms with Crippen molar-refractivity contribution < 1.29 is 4.79 Å². The van der Waals surface area contributed by atoms with Gasteiger partial charge >= 0.3 is 0 Å². The van der Waals surface area contributed by atoms with Gasteiger partial charge in [-0.2, -0.15) is 0 Å². The van der Waals surface area contributed by atoms with Crippen LogP contribution in [0.5, 0.6) is 0 Å². The van der Waals surface area contributed by atoms with E-state index in [-0.39, 0.29) is 18.3 Å². The van der Waals surface area contributed by atoms with Gasteiger partial charge in [-0.25, -0.2) is 0 Å². The minimum absolute atomic E-state index is 0. The summed E-state index contributed by atoms with van der Waals surface area (Å²) < 4.78 is 0.